The number of amides is 1. The lowest BCUT2D eigenvalue weighted by molar-refractivity contribution is -0.124. The van der Waals surface area contributed by atoms with Gasteiger partial charge in [-0.05, 0) is 26.0 Å². The van der Waals surface area contributed by atoms with Crippen LogP contribution in [0.5, 0.6) is 0 Å². The van der Waals surface area contributed by atoms with E-state index in [9.17, 15) is 4.79 Å². The molecular weight excluding hydrogens is 190 g/mol. The molecule has 0 saturated carbocycles. The van der Waals surface area contributed by atoms with Gasteiger partial charge >= 0.3 is 0 Å². The molecule has 2 rings (SSSR count). The van der Waals surface area contributed by atoms with E-state index in [2.05, 4.69) is 10.3 Å². The van der Waals surface area contributed by atoms with Crippen molar-refractivity contribution >= 4 is 11.6 Å². The fraction of sp³-hybridized carbons (Fsp3) is 0.455. The van der Waals surface area contributed by atoms with Crippen LogP contribution in [0.2, 0.25) is 0 Å². The number of carbonyl (C=O) groups excluding carboxylic acids is 1. The second kappa shape index (κ2) is 3.62. The summed E-state index contributed by atoms with van der Waals surface area (Å²) >= 11 is 0. The summed E-state index contributed by atoms with van der Waals surface area (Å²) < 4.78 is 0. The Morgan fingerprint density at radius 2 is 2.07 bits per heavy atom. The molecule has 0 unspecified atom stereocenters. The highest BCUT2D eigenvalue weighted by molar-refractivity contribution is 6.00. The van der Waals surface area contributed by atoms with Crippen LogP contribution in [0.25, 0.3) is 0 Å². The summed E-state index contributed by atoms with van der Waals surface area (Å²) in [6, 6.07) is 3.72. The fourth-order valence-electron chi connectivity index (χ4n) is 1.77. The first-order valence-electron chi connectivity index (χ1n) is 5.08. The molecule has 0 atom stereocenters. The van der Waals surface area contributed by atoms with Gasteiger partial charge in [-0.2, -0.15) is 0 Å². The minimum absolute atomic E-state index is 0.111. The highest BCUT2D eigenvalue weighted by Crippen LogP contribution is 2.19. The van der Waals surface area contributed by atoms with Gasteiger partial charge in [0.25, 0.3) is 0 Å². The van der Waals surface area contributed by atoms with Crippen LogP contribution in [0, 0.1) is 0 Å². The molecule has 4 nitrogen and oxygen atoms in total. The maximum Gasteiger partial charge on any atom is 0.246 e. The molecule has 1 aromatic heterocycles. The zero-order valence-corrected chi connectivity index (χ0v) is 9.03. The summed E-state index contributed by atoms with van der Waals surface area (Å²) in [5, 5.41) is 3.20. The molecule has 1 aliphatic heterocycles. The van der Waals surface area contributed by atoms with E-state index in [1.807, 2.05) is 26.0 Å². The van der Waals surface area contributed by atoms with E-state index in [4.69, 9.17) is 0 Å². The summed E-state index contributed by atoms with van der Waals surface area (Å²) in [6.07, 6.45) is 3.41. The Morgan fingerprint density at radius 3 is 2.73 bits per heavy atom. The first-order valence-corrected chi connectivity index (χ1v) is 5.08. The molecule has 1 saturated heterocycles. The molecule has 1 aromatic rings. The third-order valence-electron chi connectivity index (χ3n) is 2.66. The van der Waals surface area contributed by atoms with Gasteiger partial charge in [0.05, 0.1) is 5.54 Å². The van der Waals surface area contributed by atoms with Gasteiger partial charge in [0.15, 0.2) is 0 Å². The van der Waals surface area contributed by atoms with Gasteiger partial charge in [0, 0.05) is 31.2 Å². The van der Waals surface area contributed by atoms with Crippen molar-refractivity contribution in [1.29, 1.82) is 0 Å². The number of pyridine rings is 1. The standard InChI is InChI=1S/C11H15N3O/c1-11(2)10(15)14(8-7-13-11)9-3-5-12-6-4-9/h3-6,13H,7-8H2,1-2H3. The van der Waals surface area contributed by atoms with Gasteiger partial charge in [-0.1, -0.05) is 0 Å². The second-order valence-electron chi connectivity index (χ2n) is 4.21. The van der Waals surface area contributed by atoms with Gasteiger partial charge in [-0.3, -0.25) is 9.78 Å². The van der Waals surface area contributed by atoms with Crippen molar-refractivity contribution in [2.45, 2.75) is 19.4 Å². The van der Waals surface area contributed by atoms with Crippen LogP contribution in [-0.2, 0) is 4.79 Å². The van der Waals surface area contributed by atoms with E-state index in [-0.39, 0.29) is 5.91 Å². The third kappa shape index (κ3) is 1.85. The normalized spacial score (nSPS) is 20.4. The maximum atomic E-state index is 12.1. The number of hydrogen-bond donors (Lipinski definition) is 1. The van der Waals surface area contributed by atoms with Crippen LogP contribution in [0.15, 0.2) is 24.5 Å². The molecule has 0 spiro atoms. The van der Waals surface area contributed by atoms with E-state index >= 15 is 0 Å². The molecule has 4 heteroatoms. The predicted molar refractivity (Wildman–Crippen MR) is 58.7 cm³/mol. The summed E-state index contributed by atoms with van der Waals surface area (Å²) in [4.78, 5) is 17.8. The largest absolute Gasteiger partial charge is 0.309 e. The number of hydrogen-bond acceptors (Lipinski definition) is 3. The van der Waals surface area contributed by atoms with E-state index in [1.54, 1.807) is 17.3 Å². The van der Waals surface area contributed by atoms with Crippen molar-refractivity contribution in [1.82, 2.24) is 10.3 Å². The van der Waals surface area contributed by atoms with Gasteiger partial charge in [0.2, 0.25) is 5.91 Å². The van der Waals surface area contributed by atoms with Crippen molar-refractivity contribution in [2.24, 2.45) is 0 Å². The lowest BCUT2D eigenvalue weighted by Gasteiger charge is -2.38. The van der Waals surface area contributed by atoms with E-state index < -0.39 is 5.54 Å². The molecule has 1 N–H and O–H groups in total. The molecule has 1 aliphatic rings. The van der Waals surface area contributed by atoms with Gasteiger partial charge in [-0.15, -0.1) is 0 Å². The molecule has 1 fully saturated rings. The number of anilines is 1. The zero-order chi connectivity index (χ0) is 10.9. The third-order valence-corrected chi connectivity index (χ3v) is 2.66. The van der Waals surface area contributed by atoms with Crippen molar-refractivity contribution < 1.29 is 4.79 Å². The van der Waals surface area contributed by atoms with Crippen LogP contribution < -0.4 is 10.2 Å². The molecule has 0 aromatic carbocycles. The Kier molecular flexibility index (Phi) is 2.44. The van der Waals surface area contributed by atoms with Crippen LogP contribution in [0.4, 0.5) is 5.69 Å². The van der Waals surface area contributed by atoms with E-state index in [0.29, 0.717) is 6.54 Å². The van der Waals surface area contributed by atoms with Gasteiger partial charge in [0.1, 0.15) is 0 Å². The fourth-order valence-corrected chi connectivity index (χ4v) is 1.77. The smallest absolute Gasteiger partial charge is 0.246 e. The molecule has 1 amide bonds. The summed E-state index contributed by atoms with van der Waals surface area (Å²) in [7, 11) is 0. The molecule has 0 aliphatic carbocycles. The van der Waals surface area contributed by atoms with Gasteiger partial charge in [-0.25, -0.2) is 0 Å². The Morgan fingerprint density at radius 1 is 1.40 bits per heavy atom. The number of piperazine rings is 1. The number of nitrogens with zero attached hydrogens (tertiary/aromatic N) is 2. The summed E-state index contributed by atoms with van der Waals surface area (Å²) in [5.41, 5.74) is 0.450. The molecule has 0 bridgehead atoms. The first kappa shape index (κ1) is 10.1. The number of carbonyl (C=O) groups is 1. The monoisotopic (exact) mass is 205 g/mol. The molecule has 15 heavy (non-hydrogen) atoms. The molecule has 80 valence electrons. The minimum Gasteiger partial charge on any atom is -0.309 e. The average molecular weight is 205 g/mol. The lowest BCUT2D eigenvalue weighted by Crippen LogP contribution is -2.61. The Labute approximate surface area is 89.3 Å². The lowest BCUT2D eigenvalue weighted by atomic mass is 10.0. The Hall–Kier alpha value is -1.42. The van der Waals surface area contributed by atoms with Crippen LogP contribution in [0.1, 0.15) is 13.8 Å². The minimum atomic E-state index is -0.471. The summed E-state index contributed by atoms with van der Waals surface area (Å²) in [5.74, 6) is 0.111. The molecular formula is C11H15N3O. The highest BCUT2D eigenvalue weighted by atomic mass is 16.2. The topological polar surface area (TPSA) is 45.2 Å². The Bertz CT molecular complexity index is 361. The summed E-state index contributed by atoms with van der Waals surface area (Å²) in [6.45, 7) is 5.35. The SMILES string of the molecule is CC1(C)NCCN(c2ccncc2)C1=O. The molecule has 2 heterocycles. The Balaban J connectivity index is 2.27. The van der Waals surface area contributed by atoms with Gasteiger partial charge < -0.3 is 10.2 Å². The van der Waals surface area contributed by atoms with Crippen molar-refractivity contribution in [3.05, 3.63) is 24.5 Å². The van der Waals surface area contributed by atoms with Crippen LogP contribution >= 0.6 is 0 Å². The number of nitrogens with one attached hydrogen (secondary N) is 1. The van der Waals surface area contributed by atoms with Crippen molar-refractivity contribution in [3.63, 3.8) is 0 Å². The van der Waals surface area contributed by atoms with Crippen LogP contribution in [0.3, 0.4) is 0 Å². The van der Waals surface area contributed by atoms with Crippen LogP contribution in [-0.4, -0.2) is 29.5 Å². The van der Waals surface area contributed by atoms with E-state index in [1.165, 1.54) is 0 Å². The number of rotatable bonds is 1. The zero-order valence-electron chi connectivity index (χ0n) is 9.03. The maximum absolute atomic E-state index is 12.1. The van der Waals surface area contributed by atoms with E-state index in [0.717, 1.165) is 12.2 Å². The quantitative estimate of drug-likeness (QED) is 0.737. The van der Waals surface area contributed by atoms with Crippen molar-refractivity contribution in [2.75, 3.05) is 18.0 Å². The number of aromatic nitrogens is 1. The molecule has 0 radical (unpaired) electrons. The predicted octanol–water partition coefficient (Wildman–Crippen LogP) is 0.796. The highest BCUT2D eigenvalue weighted by Gasteiger charge is 2.35. The average Bonchev–Trinajstić information content (AvgIpc) is 2.23. The van der Waals surface area contributed by atoms with Crippen molar-refractivity contribution in [3.8, 4) is 0 Å². The second-order valence-corrected chi connectivity index (χ2v) is 4.21. The first-order chi connectivity index (χ1) is 7.11.